The number of carbonyl (C=O) groups excluding carboxylic acids is 2. The van der Waals surface area contributed by atoms with Gasteiger partial charge >= 0.3 is 0 Å². The molecule has 0 fully saturated rings. The number of nitrogens with zero attached hydrogens (tertiary/aromatic N) is 2. The average Bonchev–Trinajstić information content (AvgIpc) is 3.01. The summed E-state index contributed by atoms with van der Waals surface area (Å²) in [6.45, 7) is 5.46. The van der Waals surface area contributed by atoms with E-state index in [0.29, 0.717) is 24.1 Å². The maximum Gasteiger partial charge on any atom is 0.261 e. The molecule has 150 valence electrons. The standard InChI is InChI=1S/C25H22N2O2S/c1-16-12-13-22-23(17(16)2)26(20-10-5-6-11-21(20)30-22)14-7-15-27-24(28)18-8-3-4-9-19(18)25(27)29/h3-6,8-13H,7,14-15H2,1-2H3. The Labute approximate surface area is 180 Å². The highest BCUT2D eigenvalue weighted by molar-refractivity contribution is 7.99. The van der Waals surface area contributed by atoms with Crippen molar-refractivity contribution in [3.8, 4) is 0 Å². The van der Waals surface area contributed by atoms with E-state index in [2.05, 4.69) is 55.1 Å². The first kappa shape index (κ1) is 18.9. The Balaban J connectivity index is 1.40. The van der Waals surface area contributed by atoms with E-state index in [9.17, 15) is 9.59 Å². The fourth-order valence-corrected chi connectivity index (χ4v) is 5.42. The molecule has 0 spiro atoms. The van der Waals surface area contributed by atoms with Crippen molar-refractivity contribution in [2.75, 3.05) is 18.0 Å². The zero-order valence-corrected chi connectivity index (χ0v) is 17.8. The lowest BCUT2D eigenvalue weighted by Crippen LogP contribution is -2.33. The molecule has 0 N–H and O–H groups in total. The lowest BCUT2D eigenvalue weighted by molar-refractivity contribution is 0.0653. The molecule has 5 heteroatoms. The summed E-state index contributed by atoms with van der Waals surface area (Å²) in [5.41, 5.74) is 5.99. The van der Waals surface area contributed by atoms with Crippen LogP contribution in [0.2, 0.25) is 0 Å². The zero-order valence-electron chi connectivity index (χ0n) is 17.0. The summed E-state index contributed by atoms with van der Waals surface area (Å²) in [4.78, 5) is 31.6. The molecule has 0 saturated carbocycles. The Kier molecular flexibility index (Phi) is 4.63. The summed E-state index contributed by atoms with van der Waals surface area (Å²) in [6, 6.07) is 19.9. The lowest BCUT2D eigenvalue weighted by atomic mass is 10.1. The first-order chi connectivity index (χ1) is 14.6. The quantitative estimate of drug-likeness (QED) is 0.522. The first-order valence-electron chi connectivity index (χ1n) is 10.2. The Morgan fingerprint density at radius 3 is 2.10 bits per heavy atom. The van der Waals surface area contributed by atoms with E-state index in [0.717, 1.165) is 6.54 Å². The molecule has 0 bridgehead atoms. The maximum atomic E-state index is 12.7. The van der Waals surface area contributed by atoms with Crippen LogP contribution in [0.25, 0.3) is 0 Å². The van der Waals surface area contributed by atoms with Gasteiger partial charge in [0.05, 0.1) is 22.5 Å². The number of anilines is 2. The number of para-hydroxylation sites is 1. The Bertz CT molecular complexity index is 1150. The second kappa shape index (κ2) is 7.33. The van der Waals surface area contributed by atoms with Gasteiger partial charge in [0, 0.05) is 22.9 Å². The van der Waals surface area contributed by atoms with Crippen molar-refractivity contribution < 1.29 is 9.59 Å². The van der Waals surface area contributed by atoms with Crippen LogP contribution >= 0.6 is 11.8 Å². The molecule has 3 aromatic carbocycles. The number of carbonyl (C=O) groups is 2. The Morgan fingerprint density at radius 1 is 0.733 bits per heavy atom. The normalized spacial score (nSPS) is 14.6. The third-order valence-electron chi connectivity index (χ3n) is 5.95. The van der Waals surface area contributed by atoms with Crippen LogP contribution in [0.1, 0.15) is 38.3 Å². The molecule has 5 rings (SSSR count). The molecule has 0 saturated heterocycles. The van der Waals surface area contributed by atoms with Crippen molar-refractivity contribution >= 4 is 35.0 Å². The van der Waals surface area contributed by atoms with Gasteiger partial charge in [-0.15, -0.1) is 0 Å². The largest absolute Gasteiger partial charge is 0.339 e. The van der Waals surface area contributed by atoms with Gasteiger partial charge < -0.3 is 4.90 Å². The Morgan fingerprint density at radius 2 is 1.37 bits per heavy atom. The summed E-state index contributed by atoms with van der Waals surface area (Å²) in [7, 11) is 0. The smallest absolute Gasteiger partial charge is 0.261 e. The maximum absolute atomic E-state index is 12.7. The molecule has 4 nitrogen and oxygen atoms in total. The topological polar surface area (TPSA) is 40.6 Å². The van der Waals surface area contributed by atoms with Gasteiger partial charge in [0.25, 0.3) is 11.8 Å². The number of benzene rings is 3. The predicted molar refractivity (Wildman–Crippen MR) is 120 cm³/mol. The molecule has 2 aliphatic heterocycles. The van der Waals surface area contributed by atoms with Gasteiger partial charge in [-0.05, 0) is 61.7 Å². The summed E-state index contributed by atoms with van der Waals surface area (Å²) in [5.74, 6) is -0.366. The van der Waals surface area contributed by atoms with Gasteiger partial charge in [-0.3, -0.25) is 14.5 Å². The van der Waals surface area contributed by atoms with Crippen LogP contribution in [0, 0.1) is 13.8 Å². The fraction of sp³-hybridized carbons (Fsp3) is 0.200. The molecule has 0 aromatic heterocycles. The van der Waals surface area contributed by atoms with Crippen LogP contribution in [0.5, 0.6) is 0 Å². The molecule has 30 heavy (non-hydrogen) atoms. The van der Waals surface area contributed by atoms with Gasteiger partial charge in [-0.2, -0.15) is 0 Å². The number of aryl methyl sites for hydroxylation is 1. The first-order valence-corrected chi connectivity index (χ1v) is 11.0. The monoisotopic (exact) mass is 414 g/mol. The number of amides is 2. The highest BCUT2D eigenvalue weighted by atomic mass is 32.2. The van der Waals surface area contributed by atoms with Crippen LogP contribution in [-0.4, -0.2) is 29.8 Å². The summed E-state index contributed by atoms with van der Waals surface area (Å²) >= 11 is 1.80. The molecule has 2 heterocycles. The summed E-state index contributed by atoms with van der Waals surface area (Å²) in [5, 5.41) is 0. The van der Waals surface area contributed by atoms with Gasteiger partial charge in [0.1, 0.15) is 0 Å². The van der Waals surface area contributed by atoms with Crippen molar-refractivity contribution in [2.24, 2.45) is 0 Å². The van der Waals surface area contributed by atoms with E-state index in [1.165, 1.54) is 37.2 Å². The highest BCUT2D eigenvalue weighted by Crippen LogP contribution is 2.49. The van der Waals surface area contributed by atoms with E-state index in [4.69, 9.17) is 0 Å². The minimum Gasteiger partial charge on any atom is -0.339 e. The van der Waals surface area contributed by atoms with Crippen molar-refractivity contribution in [3.63, 3.8) is 0 Å². The molecular weight excluding hydrogens is 392 g/mol. The van der Waals surface area contributed by atoms with E-state index < -0.39 is 0 Å². The average molecular weight is 415 g/mol. The number of imide groups is 1. The number of hydrogen-bond donors (Lipinski definition) is 0. The van der Waals surface area contributed by atoms with Crippen molar-refractivity contribution in [3.05, 3.63) is 82.9 Å². The molecule has 0 radical (unpaired) electrons. The molecule has 0 aliphatic carbocycles. The van der Waals surface area contributed by atoms with Gasteiger partial charge in [-0.1, -0.05) is 42.1 Å². The van der Waals surface area contributed by atoms with Crippen LogP contribution in [-0.2, 0) is 0 Å². The predicted octanol–water partition coefficient (Wildman–Crippen LogP) is 5.59. The fourth-order valence-electron chi connectivity index (χ4n) is 4.26. The minimum absolute atomic E-state index is 0.183. The second-order valence-corrected chi connectivity index (χ2v) is 8.82. The number of rotatable bonds is 4. The molecule has 0 atom stereocenters. The van der Waals surface area contributed by atoms with Crippen LogP contribution < -0.4 is 4.90 Å². The minimum atomic E-state index is -0.183. The second-order valence-electron chi connectivity index (χ2n) is 7.74. The molecule has 2 amide bonds. The number of fused-ring (bicyclic) bond motifs is 3. The van der Waals surface area contributed by atoms with Gasteiger partial charge in [-0.25, -0.2) is 0 Å². The van der Waals surface area contributed by atoms with Crippen LogP contribution in [0.3, 0.4) is 0 Å². The number of hydrogen-bond acceptors (Lipinski definition) is 4. The van der Waals surface area contributed by atoms with E-state index in [-0.39, 0.29) is 11.8 Å². The van der Waals surface area contributed by atoms with Crippen molar-refractivity contribution in [1.82, 2.24) is 4.90 Å². The van der Waals surface area contributed by atoms with Crippen molar-refractivity contribution in [1.29, 1.82) is 0 Å². The Hall–Kier alpha value is -3.05. The van der Waals surface area contributed by atoms with E-state index >= 15 is 0 Å². The molecule has 2 aliphatic rings. The van der Waals surface area contributed by atoms with Crippen molar-refractivity contribution in [2.45, 2.75) is 30.1 Å². The lowest BCUT2D eigenvalue weighted by Gasteiger charge is -2.35. The SMILES string of the molecule is Cc1ccc2c(c1C)N(CCCN1C(=O)c3ccccc3C1=O)c1ccccc1S2. The van der Waals surface area contributed by atoms with Gasteiger partial charge in [0.2, 0.25) is 0 Å². The zero-order chi connectivity index (χ0) is 20.8. The van der Waals surface area contributed by atoms with Crippen LogP contribution in [0.15, 0.2) is 70.5 Å². The third-order valence-corrected chi connectivity index (χ3v) is 7.07. The van der Waals surface area contributed by atoms with Crippen LogP contribution in [0.4, 0.5) is 11.4 Å². The molecule has 0 unspecified atom stereocenters. The summed E-state index contributed by atoms with van der Waals surface area (Å²) in [6.07, 6.45) is 0.706. The summed E-state index contributed by atoms with van der Waals surface area (Å²) < 4.78 is 0. The molecule has 3 aromatic rings. The van der Waals surface area contributed by atoms with Gasteiger partial charge in [0.15, 0.2) is 0 Å². The molecular formula is C25H22N2O2S. The highest BCUT2D eigenvalue weighted by Gasteiger charge is 2.35. The van der Waals surface area contributed by atoms with E-state index in [1.54, 1.807) is 36.0 Å². The van der Waals surface area contributed by atoms with E-state index in [1.807, 2.05) is 0 Å². The third kappa shape index (κ3) is 2.92.